The molecule has 0 spiro atoms. The van der Waals surface area contributed by atoms with Gasteiger partial charge < -0.3 is 5.11 Å². The maximum atomic E-state index is 9.48. The average Bonchev–Trinajstić information content (AvgIpc) is 1.89. The van der Waals surface area contributed by atoms with Gasteiger partial charge in [0.2, 0.25) is 0 Å². The Balaban J connectivity index is 3.92. The van der Waals surface area contributed by atoms with Crippen molar-refractivity contribution in [2.24, 2.45) is 4.99 Å². The highest BCUT2D eigenvalue weighted by Crippen LogP contribution is 2.10. The van der Waals surface area contributed by atoms with Gasteiger partial charge >= 0.3 is 0 Å². The molecule has 0 bridgehead atoms. The maximum absolute atomic E-state index is 9.48. The number of hydrogen-bond acceptors (Lipinski definition) is 2. The quantitative estimate of drug-likeness (QED) is 0.571. The Hall–Kier alpha value is -0.370. The van der Waals surface area contributed by atoms with Gasteiger partial charge in [0.25, 0.3) is 0 Å². The summed E-state index contributed by atoms with van der Waals surface area (Å²) in [5.74, 6) is 0. The van der Waals surface area contributed by atoms with E-state index in [-0.39, 0.29) is 0 Å². The third kappa shape index (κ3) is 2.61. The highest BCUT2D eigenvalue weighted by molar-refractivity contribution is 5.67. The summed E-state index contributed by atoms with van der Waals surface area (Å²) in [6.45, 7) is 3.90. The SMILES string of the molecule is CCC(O)(/C=N\C)CC. The van der Waals surface area contributed by atoms with Gasteiger partial charge in [-0.1, -0.05) is 13.8 Å². The summed E-state index contributed by atoms with van der Waals surface area (Å²) in [7, 11) is 1.68. The standard InChI is InChI=1S/C7H15NO/c1-4-7(9,5-2)6-8-3/h6,9H,4-5H2,1-3H3/b8-6-. The van der Waals surface area contributed by atoms with Crippen LogP contribution in [0.25, 0.3) is 0 Å². The van der Waals surface area contributed by atoms with Gasteiger partial charge in [0.1, 0.15) is 0 Å². The first kappa shape index (κ1) is 8.63. The van der Waals surface area contributed by atoms with Gasteiger partial charge in [0, 0.05) is 13.3 Å². The van der Waals surface area contributed by atoms with Crippen LogP contribution >= 0.6 is 0 Å². The molecule has 2 nitrogen and oxygen atoms in total. The summed E-state index contributed by atoms with van der Waals surface area (Å²) in [4.78, 5) is 3.77. The molecule has 0 unspecified atom stereocenters. The van der Waals surface area contributed by atoms with Crippen molar-refractivity contribution in [1.29, 1.82) is 0 Å². The molecule has 0 saturated carbocycles. The van der Waals surface area contributed by atoms with Crippen LogP contribution in [-0.2, 0) is 0 Å². The van der Waals surface area contributed by atoms with E-state index in [2.05, 4.69) is 4.99 Å². The van der Waals surface area contributed by atoms with E-state index in [1.165, 1.54) is 0 Å². The molecule has 0 amide bonds. The molecule has 0 rings (SSSR count). The first-order valence-electron chi connectivity index (χ1n) is 3.34. The summed E-state index contributed by atoms with van der Waals surface area (Å²) >= 11 is 0. The predicted molar refractivity (Wildman–Crippen MR) is 39.9 cm³/mol. The minimum Gasteiger partial charge on any atom is -0.384 e. The lowest BCUT2D eigenvalue weighted by atomic mass is 10.00. The van der Waals surface area contributed by atoms with Gasteiger partial charge in [0.15, 0.2) is 0 Å². The van der Waals surface area contributed by atoms with Crippen LogP contribution in [0.1, 0.15) is 26.7 Å². The minimum atomic E-state index is -0.658. The molecule has 0 aliphatic carbocycles. The van der Waals surface area contributed by atoms with Crippen molar-refractivity contribution < 1.29 is 5.11 Å². The lowest BCUT2D eigenvalue weighted by Crippen LogP contribution is -2.28. The molecule has 0 aromatic carbocycles. The second kappa shape index (κ2) is 3.62. The van der Waals surface area contributed by atoms with Crippen molar-refractivity contribution in [3.8, 4) is 0 Å². The van der Waals surface area contributed by atoms with Gasteiger partial charge in [-0.05, 0) is 12.8 Å². The molecule has 0 aliphatic rings. The lowest BCUT2D eigenvalue weighted by Gasteiger charge is -2.18. The van der Waals surface area contributed by atoms with Crippen LogP contribution in [-0.4, -0.2) is 24.0 Å². The smallest absolute Gasteiger partial charge is 0.0987 e. The molecule has 54 valence electrons. The molecule has 0 aromatic rings. The summed E-state index contributed by atoms with van der Waals surface area (Å²) in [5, 5.41) is 9.48. The van der Waals surface area contributed by atoms with Gasteiger partial charge in [-0.15, -0.1) is 0 Å². The zero-order valence-corrected chi connectivity index (χ0v) is 6.39. The number of aliphatic imine (C=N–C) groups is 1. The maximum Gasteiger partial charge on any atom is 0.0987 e. The Kier molecular flexibility index (Phi) is 3.47. The Morgan fingerprint density at radius 2 is 1.89 bits per heavy atom. The van der Waals surface area contributed by atoms with E-state index in [9.17, 15) is 5.11 Å². The van der Waals surface area contributed by atoms with Gasteiger partial charge in [-0.3, -0.25) is 4.99 Å². The van der Waals surface area contributed by atoms with Crippen LogP contribution in [0.3, 0.4) is 0 Å². The lowest BCUT2D eigenvalue weighted by molar-refractivity contribution is 0.109. The highest BCUT2D eigenvalue weighted by Gasteiger charge is 2.17. The molecule has 0 heterocycles. The van der Waals surface area contributed by atoms with Crippen molar-refractivity contribution in [3.63, 3.8) is 0 Å². The average molecular weight is 129 g/mol. The molecule has 0 radical (unpaired) electrons. The summed E-state index contributed by atoms with van der Waals surface area (Å²) in [5.41, 5.74) is -0.658. The Morgan fingerprint density at radius 3 is 2.00 bits per heavy atom. The van der Waals surface area contributed by atoms with E-state index in [4.69, 9.17) is 0 Å². The molecular formula is C7H15NO. The third-order valence-electron chi connectivity index (χ3n) is 1.59. The van der Waals surface area contributed by atoms with Crippen molar-refractivity contribution >= 4 is 6.21 Å². The molecule has 1 N–H and O–H groups in total. The second-order valence-corrected chi connectivity index (χ2v) is 2.20. The van der Waals surface area contributed by atoms with E-state index in [1.54, 1.807) is 13.3 Å². The van der Waals surface area contributed by atoms with Gasteiger partial charge in [-0.25, -0.2) is 0 Å². The monoisotopic (exact) mass is 129 g/mol. The van der Waals surface area contributed by atoms with Crippen LogP contribution in [0.15, 0.2) is 4.99 Å². The zero-order valence-electron chi connectivity index (χ0n) is 6.39. The molecule has 0 aliphatic heterocycles. The van der Waals surface area contributed by atoms with Crippen molar-refractivity contribution in [2.45, 2.75) is 32.3 Å². The van der Waals surface area contributed by atoms with E-state index in [1.807, 2.05) is 13.8 Å². The fraction of sp³-hybridized carbons (Fsp3) is 0.857. The minimum absolute atomic E-state index is 0.658. The van der Waals surface area contributed by atoms with Gasteiger partial charge in [0.05, 0.1) is 5.60 Å². The normalized spacial score (nSPS) is 12.9. The van der Waals surface area contributed by atoms with Crippen LogP contribution in [0.5, 0.6) is 0 Å². The predicted octanol–water partition coefficient (Wildman–Crippen LogP) is 1.24. The highest BCUT2D eigenvalue weighted by atomic mass is 16.3. The molecule has 9 heavy (non-hydrogen) atoms. The van der Waals surface area contributed by atoms with Gasteiger partial charge in [-0.2, -0.15) is 0 Å². The topological polar surface area (TPSA) is 32.6 Å². The fourth-order valence-electron chi connectivity index (χ4n) is 0.673. The molecule has 2 heteroatoms. The first-order valence-corrected chi connectivity index (χ1v) is 3.34. The number of aliphatic hydroxyl groups is 1. The Labute approximate surface area is 56.6 Å². The molecule has 0 fully saturated rings. The van der Waals surface area contributed by atoms with Crippen LogP contribution in [0.4, 0.5) is 0 Å². The van der Waals surface area contributed by atoms with Crippen LogP contribution in [0.2, 0.25) is 0 Å². The number of hydrogen-bond donors (Lipinski definition) is 1. The summed E-state index contributed by atoms with van der Waals surface area (Å²) in [6.07, 6.45) is 3.08. The van der Waals surface area contributed by atoms with Crippen molar-refractivity contribution in [3.05, 3.63) is 0 Å². The van der Waals surface area contributed by atoms with E-state index < -0.39 is 5.60 Å². The fourth-order valence-corrected chi connectivity index (χ4v) is 0.673. The molecular weight excluding hydrogens is 114 g/mol. The molecule has 0 saturated heterocycles. The second-order valence-electron chi connectivity index (χ2n) is 2.20. The van der Waals surface area contributed by atoms with E-state index in [0.29, 0.717) is 0 Å². The zero-order chi connectivity index (χ0) is 7.33. The largest absolute Gasteiger partial charge is 0.384 e. The third-order valence-corrected chi connectivity index (χ3v) is 1.59. The number of nitrogens with zero attached hydrogens (tertiary/aromatic N) is 1. The van der Waals surface area contributed by atoms with E-state index >= 15 is 0 Å². The summed E-state index contributed by atoms with van der Waals surface area (Å²) < 4.78 is 0. The number of rotatable bonds is 3. The van der Waals surface area contributed by atoms with Crippen molar-refractivity contribution in [2.75, 3.05) is 7.05 Å². The van der Waals surface area contributed by atoms with Crippen LogP contribution in [0, 0.1) is 0 Å². The first-order chi connectivity index (χ1) is 4.18. The van der Waals surface area contributed by atoms with Crippen molar-refractivity contribution in [1.82, 2.24) is 0 Å². The van der Waals surface area contributed by atoms with E-state index in [0.717, 1.165) is 12.8 Å². The summed E-state index contributed by atoms with van der Waals surface area (Å²) in [6, 6.07) is 0. The Bertz CT molecular complexity index is 95.1. The Morgan fingerprint density at radius 1 is 1.44 bits per heavy atom. The molecule has 0 aromatic heterocycles. The van der Waals surface area contributed by atoms with Crippen LogP contribution < -0.4 is 0 Å². The molecule has 0 atom stereocenters.